The van der Waals surface area contributed by atoms with Crippen LogP contribution in [0.15, 0.2) is 24.3 Å². The Bertz CT molecular complexity index is 758. The summed E-state index contributed by atoms with van der Waals surface area (Å²) in [4.78, 5) is 27.2. The van der Waals surface area contributed by atoms with Crippen LogP contribution < -0.4 is 5.32 Å². The quantitative estimate of drug-likeness (QED) is 0.842. The average Bonchev–Trinajstić information content (AvgIpc) is 3.44. The summed E-state index contributed by atoms with van der Waals surface area (Å²) in [6.45, 7) is 1.75. The van der Waals surface area contributed by atoms with Crippen molar-refractivity contribution >= 4 is 11.8 Å². The molecule has 1 aromatic carbocycles. The normalized spacial score (nSPS) is 26.0. The molecule has 3 aliphatic carbocycles. The first-order chi connectivity index (χ1) is 13.6. The molecule has 0 bridgehead atoms. The number of benzene rings is 1. The van der Waals surface area contributed by atoms with E-state index in [-0.39, 0.29) is 11.3 Å². The highest BCUT2D eigenvalue weighted by molar-refractivity contribution is 5.78. The van der Waals surface area contributed by atoms with Gasteiger partial charge in [-0.3, -0.25) is 9.59 Å². The van der Waals surface area contributed by atoms with E-state index < -0.39 is 0 Å². The van der Waals surface area contributed by atoms with Crippen molar-refractivity contribution in [3.8, 4) is 0 Å². The number of hydrogen-bond acceptors (Lipinski definition) is 2. The number of piperidine rings is 1. The second-order valence-electron chi connectivity index (χ2n) is 9.70. The third-order valence-electron chi connectivity index (χ3n) is 7.74. The first-order valence-corrected chi connectivity index (χ1v) is 11.3. The third-order valence-corrected chi connectivity index (χ3v) is 7.74. The zero-order valence-corrected chi connectivity index (χ0v) is 16.8. The van der Waals surface area contributed by atoms with Crippen LogP contribution in [0.5, 0.6) is 0 Å². The fraction of sp³-hybridized carbons (Fsp3) is 0.667. The smallest absolute Gasteiger partial charge is 0.222 e. The van der Waals surface area contributed by atoms with Crippen LogP contribution in [0.2, 0.25) is 0 Å². The summed E-state index contributed by atoms with van der Waals surface area (Å²) in [6, 6.07) is 9.18. The van der Waals surface area contributed by atoms with E-state index in [1.807, 2.05) is 0 Å². The molecular formula is C24H32N2O2. The fourth-order valence-electron chi connectivity index (χ4n) is 5.63. The summed E-state index contributed by atoms with van der Waals surface area (Å²) in [7, 11) is 0. The molecule has 150 valence electrons. The van der Waals surface area contributed by atoms with Crippen LogP contribution in [0.1, 0.15) is 81.3 Å². The van der Waals surface area contributed by atoms with Gasteiger partial charge in [0, 0.05) is 32.0 Å². The SMILES string of the molecule is O=C(C[C@H]1CC2(CCN(C(=O)CC3CC3)CC2)c2ccccc21)NC1CCC1. The molecule has 1 aromatic rings. The predicted molar refractivity (Wildman–Crippen MR) is 109 cm³/mol. The van der Waals surface area contributed by atoms with Crippen LogP contribution in [-0.2, 0) is 15.0 Å². The van der Waals surface area contributed by atoms with E-state index in [0.717, 1.165) is 51.6 Å². The lowest BCUT2D eigenvalue weighted by molar-refractivity contribution is -0.133. The van der Waals surface area contributed by atoms with Gasteiger partial charge in [0.25, 0.3) is 0 Å². The third kappa shape index (κ3) is 3.46. The van der Waals surface area contributed by atoms with Gasteiger partial charge >= 0.3 is 0 Å². The molecule has 1 aliphatic heterocycles. The van der Waals surface area contributed by atoms with Crippen molar-refractivity contribution in [2.75, 3.05) is 13.1 Å². The van der Waals surface area contributed by atoms with Crippen molar-refractivity contribution < 1.29 is 9.59 Å². The number of rotatable bonds is 5. The molecule has 1 heterocycles. The van der Waals surface area contributed by atoms with E-state index in [9.17, 15) is 9.59 Å². The second-order valence-corrected chi connectivity index (χ2v) is 9.70. The highest BCUT2D eigenvalue weighted by Crippen LogP contribution is 2.52. The Hall–Kier alpha value is -1.84. The van der Waals surface area contributed by atoms with E-state index in [0.29, 0.717) is 30.2 Å². The number of carbonyl (C=O) groups is 2. The van der Waals surface area contributed by atoms with Crippen molar-refractivity contribution in [3.05, 3.63) is 35.4 Å². The summed E-state index contributed by atoms with van der Waals surface area (Å²) >= 11 is 0. The van der Waals surface area contributed by atoms with Crippen LogP contribution in [0, 0.1) is 5.92 Å². The highest BCUT2D eigenvalue weighted by Gasteiger charge is 2.46. The van der Waals surface area contributed by atoms with Crippen molar-refractivity contribution in [1.82, 2.24) is 10.2 Å². The van der Waals surface area contributed by atoms with Crippen LogP contribution >= 0.6 is 0 Å². The van der Waals surface area contributed by atoms with Gasteiger partial charge in [-0.05, 0) is 79.7 Å². The maximum atomic E-state index is 12.6. The molecule has 28 heavy (non-hydrogen) atoms. The van der Waals surface area contributed by atoms with E-state index in [4.69, 9.17) is 0 Å². The lowest BCUT2D eigenvalue weighted by Crippen LogP contribution is -2.44. The first kappa shape index (κ1) is 18.2. The summed E-state index contributed by atoms with van der Waals surface area (Å²) in [5, 5.41) is 3.22. The molecule has 2 amide bonds. The van der Waals surface area contributed by atoms with Gasteiger partial charge in [0.2, 0.25) is 11.8 Å². The van der Waals surface area contributed by atoms with Crippen LogP contribution in [0.4, 0.5) is 0 Å². The second kappa shape index (κ2) is 7.20. The lowest BCUT2D eigenvalue weighted by Gasteiger charge is -2.40. The molecule has 0 unspecified atom stereocenters. The fourth-order valence-corrected chi connectivity index (χ4v) is 5.63. The molecule has 0 radical (unpaired) electrons. The molecule has 2 saturated carbocycles. The molecule has 4 aliphatic rings. The monoisotopic (exact) mass is 380 g/mol. The standard InChI is InChI=1S/C24H32N2O2/c27-22(25-19-4-3-5-19)15-18-16-24(21-7-2-1-6-20(18)21)10-12-26(13-11-24)23(28)14-17-8-9-17/h1-2,6-7,17-19H,3-5,8-16H2,(H,25,27)/t18-/m0/s1. The first-order valence-electron chi connectivity index (χ1n) is 11.3. The summed E-state index contributed by atoms with van der Waals surface area (Å²) in [5.74, 6) is 1.57. The Morgan fingerprint density at radius 2 is 1.79 bits per heavy atom. The van der Waals surface area contributed by atoms with Crippen molar-refractivity contribution in [2.45, 2.75) is 81.6 Å². The molecule has 4 nitrogen and oxygen atoms in total. The lowest BCUT2D eigenvalue weighted by atomic mass is 9.73. The molecule has 1 N–H and O–H groups in total. The highest BCUT2D eigenvalue weighted by atomic mass is 16.2. The van der Waals surface area contributed by atoms with Gasteiger partial charge in [-0.1, -0.05) is 24.3 Å². The Labute approximate surface area is 168 Å². The number of nitrogens with one attached hydrogen (secondary N) is 1. The minimum atomic E-state index is 0.161. The minimum Gasteiger partial charge on any atom is -0.353 e. The van der Waals surface area contributed by atoms with Crippen LogP contribution in [0.3, 0.4) is 0 Å². The Morgan fingerprint density at radius 3 is 2.46 bits per heavy atom. The molecule has 0 aromatic heterocycles. The molecule has 1 saturated heterocycles. The molecular weight excluding hydrogens is 348 g/mol. The Kier molecular flexibility index (Phi) is 4.68. The van der Waals surface area contributed by atoms with Crippen molar-refractivity contribution in [1.29, 1.82) is 0 Å². The predicted octanol–water partition coefficient (Wildman–Crippen LogP) is 3.89. The Morgan fingerprint density at radius 1 is 1.04 bits per heavy atom. The van der Waals surface area contributed by atoms with Crippen molar-refractivity contribution in [2.24, 2.45) is 5.92 Å². The van der Waals surface area contributed by atoms with E-state index in [1.165, 1.54) is 30.4 Å². The zero-order chi connectivity index (χ0) is 19.1. The molecule has 1 atom stereocenters. The summed E-state index contributed by atoms with van der Waals surface area (Å²) in [5.41, 5.74) is 2.99. The maximum Gasteiger partial charge on any atom is 0.222 e. The van der Waals surface area contributed by atoms with E-state index in [2.05, 4.69) is 34.5 Å². The van der Waals surface area contributed by atoms with Gasteiger partial charge < -0.3 is 10.2 Å². The van der Waals surface area contributed by atoms with Crippen molar-refractivity contribution in [3.63, 3.8) is 0 Å². The van der Waals surface area contributed by atoms with E-state index >= 15 is 0 Å². The molecule has 4 heteroatoms. The number of hydrogen-bond donors (Lipinski definition) is 1. The van der Waals surface area contributed by atoms with Crippen LogP contribution in [-0.4, -0.2) is 35.8 Å². The minimum absolute atomic E-state index is 0.161. The van der Waals surface area contributed by atoms with Gasteiger partial charge in [-0.2, -0.15) is 0 Å². The molecule has 1 spiro atoms. The van der Waals surface area contributed by atoms with E-state index in [1.54, 1.807) is 0 Å². The van der Waals surface area contributed by atoms with Gasteiger partial charge in [-0.15, -0.1) is 0 Å². The Balaban J connectivity index is 1.26. The zero-order valence-electron chi connectivity index (χ0n) is 16.8. The van der Waals surface area contributed by atoms with Gasteiger partial charge in [0.1, 0.15) is 0 Å². The van der Waals surface area contributed by atoms with Crippen LogP contribution in [0.25, 0.3) is 0 Å². The average molecular weight is 381 g/mol. The van der Waals surface area contributed by atoms with Gasteiger partial charge in [0.05, 0.1) is 0 Å². The number of carbonyl (C=O) groups excluding carboxylic acids is 2. The largest absolute Gasteiger partial charge is 0.353 e. The number of likely N-dealkylation sites (tertiary alicyclic amines) is 1. The summed E-state index contributed by atoms with van der Waals surface area (Å²) in [6.07, 6.45) is 10.5. The van der Waals surface area contributed by atoms with Gasteiger partial charge in [-0.25, -0.2) is 0 Å². The molecule has 5 rings (SSSR count). The topological polar surface area (TPSA) is 49.4 Å². The number of amides is 2. The number of nitrogens with zero attached hydrogens (tertiary/aromatic N) is 1. The number of fused-ring (bicyclic) bond motifs is 2. The summed E-state index contributed by atoms with van der Waals surface area (Å²) < 4.78 is 0. The molecule has 3 fully saturated rings. The maximum absolute atomic E-state index is 12.6. The van der Waals surface area contributed by atoms with Gasteiger partial charge in [0.15, 0.2) is 0 Å².